The summed E-state index contributed by atoms with van der Waals surface area (Å²) in [5.41, 5.74) is 0.160. The monoisotopic (exact) mass is 316 g/mol. The van der Waals surface area contributed by atoms with Gasteiger partial charge in [-0.3, -0.25) is 4.79 Å². The summed E-state index contributed by atoms with van der Waals surface area (Å²) >= 11 is 0. The summed E-state index contributed by atoms with van der Waals surface area (Å²) in [7, 11) is -0.686. The van der Waals surface area contributed by atoms with Gasteiger partial charge in [0.25, 0.3) is 5.91 Å². The Kier molecular flexibility index (Phi) is 6.60. The summed E-state index contributed by atoms with van der Waals surface area (Å²) in [6, 6.07) is 4.14. The highest BCUT2D eigenvalue weighted by atomic mass is 32.2. The Labute approximate surface area is 124 Å². The highest BCUT2D eigenvalue weighted by Crippen LogP contribution is 2.22. The van der Waals surface area contributed by atoms with Crippen LogP contribution in [-0.2, 0) is 14.8 Å². The molecule has 1 rings (SSSR count). The first-order valence-electron chi connectivity index (χ1n) is 6.41. The first-order chi connectivity index (χ1) is 9.96. The van der Waals surface area contributed by atoms with Crippen LogP contribution in [-0.4, -0.2) is 48.2 Å². The van der Waals surface area contributed by atoms with Gasteiger partial charge in [-0.25, -0.2) is 13.1 Å². The molecule has 0 spiro atoms. The van der Waals surface area contributed by atoms with Gasteiger partial charge >= 0.3 is 0 Å². The number of carbonyl (C=O) groups is 1. The molecule has 0 fully saturated rings. The van der Waals surface area contributed by atoms with Crippen LogP contribution in [0.15, 0.2) is 23.1 Å². The summed E-state index contributed by atoms with van der Waals surface area (Å²) in [5.74, 6) is -0.113. The van der Waals surface area contributed by atoms with E-state index in [1.54, 1.807) is 6.92 Å². The highest BCUT2D eigenvalue weighted by Gasteiger charge is 2.18. The number of sulfonamides is 1. The van der Waals surface area contributed by atoms with Crippen LogP contribution in [0.2, 0.25) is 0 Å². The fourth-order valence-electron chi connectivity index (χ4n) is 1.67. The number of rotatable bonds is 8. The van der Waals surface area contributed by atoms with Crippen molar-refractivity contribution < 1.29 is 22.7 Å². The van der Waals surface area contributed by atoms with Gasteiger partial charge in [-0.15, -0.1) is 0 Å². The van der Waals surface area contributed by atoms with Crippen LogP contribution in [0.4, 0.5) is 0 Å². The minimum Gasteiger partial charge on any atom is -0.496 e. The molecule has 0 unspecified atom stereocenters. The van der Waals surface area contributed by atoms with Gasteiger partial charge in [0.15, 0.2) is 0 Å². The van der Waals surface area contributed by atoms with E-state index in [2.05, 4.69) is 10.0 Å². The zero-order valence-corrected chi connectivity index (χ0v) is 13.1. The van der Waals surface area contributed by atoms with E-state index in [1.807, 2.05) is 0 Å². The lowest BCUT2D eigenvalue weighted by Crippen LogP contribution is -2.28. The number of carbonyl (C=O) groups excluding carboxylic acids is 1. The molecule has 0 saturated heterocycles. The number of ether oxygens (including phenoxy) is 2. The van der Waals surface area contributed by atoms with Crippen molar-refractivity contribution in [3.63, 3.8) is 0 Å². The molecule has 8 heteroatoms. The second-order valence-corrected chi connectivity index (χ2v) is 5.88. The van der Waals surface area contributed by atoms with Crippen molar-refractivity contribution >= 4 is 15.9 Å². The van der Waals surface area contributed by atoms with Crippen molar-refractivity contribution in [1.29, 1.82) is 0 Å². The molecule has 1 amide bonds. The first-order valence-corrected chi connectivity index (χ1v) is 7.89. The van der Waals surface area contributed by atoms with E-state index < -0.39 is 15.9 Å². The smallest absolute Gasteiger partial charge is 0.255 e. The van der Waals surface area contributed by atoms with Crippen molar-refractivity contribution in [3.8, 4) is 5.75 Å². The van der Waals surface area contributed by atoms with E-state index in [1.165, 1.54) is 32.4 Å². The van der Waals surface area contributed by atoms with Crippen LogP contribution in [0.5, 0.6) is 5.75 Å². The third-order valence-electron chi connectivity index (χ3n) is 2.65. The molecular weight excluding hydrogens is 296 g/mol. The quantitative estimate of drug-likeness (QED) is 0.676. The minimum absolute atomic E-state index is 0.0158. The van der Waals surface area contributed by atoms with Gasteiger partial charge in [0.2, 0.25) is 10.0 Å². The standard InChI is InChI=1S/C13H20N2O5S/c1-4-15-21(17,18)10-5-6-12(20-3)11(9-10)13(16)14-7-8-19-2/h5-6,9,15H,4,7-8H2,1-3H3,(H,14,16). The van der Waals surface area contributed by atoms with Gasteiger partial charge in [0.1, 0.15) is 5.75 Å². The molecule has 118 valence electrons. The molecule has 0 radical (unpaired) electrons. The normalized spacial score (nSPS) is 11.2. The predicted molar refractivity (Wildman–Crippen MR) is 78.1 cm³/mol. The third kappa shape index (κ3) is 4.69. The van der Waals surface area contributed by atoms with E-state index in [0.717, 1.165) is 0 Å². The minimum atomic E-state index is -3.63. The Morgan fingerprint density at radius 1 is 1.29 bits per heavy atom. The van der Waals surface area contributed by atoms with Gasteiger partial charge in [0, 0.05) is 20.2 Å². The summed E-state index contributed by atoms with van der Waals surface area (Å²) in [6.45, 7) is 2.63. The van der Waals surface area contributed by atoms with E-state index in [4.69, 9.17) is 9.47 Å². The molecular formula is C13H20N2O5S. The summed E-state index contributed by atoms with van der Waals surface area (Å²) in [5, 5.41) is 2.63. The molecule has 0 aliphatic carbocycles. The Hall–Kier alpha value is -1.64. The average Bonchev–Trinajstić information content (AvgIpc) is 2.46. The van der Waals surface area contributed by atoms with E-state index in [-0.39, 0.29) is 17.0 Å². The lowest BCUT2D eigenvalue weighted by Gasteiger charge is -2.11. The average molecular weight is 316 g/mol. The second-order valence-electron chi connectivity index (χ2n) is 4.11. The fourth-order valence-corrected chi connectivity index (χ4v) is 2.73. The maximum Gasteiger partial charge on any atom is 0.255 e. The lowest BCUT2D eigenvalue weighted by molar-refractivity contribution is 0.0934. The largest absolute Gasteiger partial charge is 0.496 e. The molecule has 1 aromatic carbocycles. The van der Waals surface area contributed by atoms with Gasteiger partial charge in [-0.1, -0.05) is 6.92 Å². The van der Waals surface area contributed by atoms with E-state index >= 15 is 0 Å². The number of hydrogen-bond acceptors (Lipinski definition) is 5. The van der Waals surface area contributed by atoms with Gasteiger partial charge in [0.05, 0.1) is 24.2 Å². The van der Waals surface area contributed by atoms with Crippen LogP contribution in [0.25, 0.3) is 0 Å². The molecule has 0 aromatic heterocycles. The molecule has 2 N–H and O–H groups in total. The van der Waals surface area contributed by atoms with Crippen LogP contribution >= 0.6 is 0 Å². The predicted octanol–water partition coefficient (Wildman–Crippen LogP) is 0.370. The Balaban J connectivity index is 3.09. The summed E-state index contributed by atoms with van der Waals surface area (Å²) in [4.78, 5) is 12.1. The molecule has 21 heavy (non-hydrogen) atoms. The Morgan fingerprint density at radius 3 is 2.57 bits per heavy atom. The zero-order chi connectivity index (χ0) is 15.9. The number of nitrogens with one attached hydrogen (secondary N) is 2. The zero-order valence-electron chi connectivity index (χ0n) is 12.3. The SMILES string of the molecule is CCNS(=O)(=O)c1ccc(OC)c(C(=O)NCCOC)c1. The molecule has 1 aromatic rings. The van der Waals surface area contributed by atoms with Gasteiger partial charge in [-0.05, 0) is 18.2 Å². The van der Waals surface area contributed by atoms with Crippen molar-refractivity contribution in [2.45, 2.75) is 11.8 Å². The maximum absolute atomic E-state index is 12.1. The second kappa shape index (κ2) is 7.96. The number of hydrogen-bond donors (Lipinski definition) is 2. The van der Waals surface area contributed by atoms with Crippen molar-refractivity contribution in [2.75, 3.05) is 33.9 Å². The Bertz CT molecular complexity index is 586. The van der Waals surface area contributed by atoms with Crippen LogP contribution in [0.3, 0.4) is 0 Å². The Morgan fingerprint density at radius 2 is 2.00 bits per heavy atom. The van der Waals surface area contributed by atoms with Crippen LogP contribution in [0.1, 0.15) is 17.3 Å². The molecule has 0 atom stereocenters. The van der Waals surface area contributed by atoms with Crippen LogP contribution < -0.4 is 14.8 Å². The topological polar surface area (TPSA) is 93.7 Å². The highest BCUT2D eigenvalue weighted by molar-refractivity contribution is 7.89. The molecule has 0 heterocycles. The van der Waals surface area contributed by atoms with Crippen molar-refractivity contribution in [2.24, 2.45) is 0 Å². The number of methoxy groups -OCH3 is 2. The van der Waals surface area contributed by atoms with E-state index in [9.17, 15) is 13.2 Å². The summed E-state index contributed by atoms with van der Waals surface area (Å²) < 4.78 is 36.2. The summed E-state index contributed by atoms with van der Waals surface area (Å²) in [6.07, 6.45) is 0. The third-order valence-corrected chi connectivity index (χ3v) is 4.20. The molecule has 0 saturated carbocycles. The van der Waals surface area contributed by atoms with E-state index in [0.29, 0.717) is 18.9 Å². The molecule has 7 nitrogen and oxygen atoms in total. The van der Waals surface area contributed by atoms with Crippen molar-refractivity contribution in [3.05, 3.63) is 23.8 Å². The first kappa shape index (κ1) is 17.4. The molecule has 0 bridgehead atoms. The van der Waals surface area contributed by atoms with Gasteiger partial charge in [-0.2, -0.15) is 0 Å². The van der Waals surface area contributed by atoms with Crippen molar-refractivity contribution in [1.82, 2.24) is 10.0 Å². The lowest BCUT2D eigenvalue weighted by atomic mass is 10.2. The van der Waals surface area contributed by atoms with Gasteiger partial charge < -0.3 is 14.8 Å². The number of benzene rings is 1. The molecule has 0 aliphatic heterocycles. The molecule has 0 aliphatic rings. The maximum atomic E-state index is 12.1. The van der Waals surface area contributed by atoms with Crippen LogP contribution in [0, 0.1) is 0 Å². The fraction of sp³-hybridized carbons (Fsp3) is 0.462. The number of amides is 1.